The molecule has 0 saturated heterocycles. The number of nitrogens with one attached hydrogen (secondary N) is 1. The van der Waals surface area contributed by atoms with E-state index in [0.29, 0.717) is 5.95 Å². The van der Waals surface area contributed by atoms with Crippen LogP contribution >= 0.6 is 0 Å². The number of nitrogens with zero attached hydrogens (tertiary/aromatic N) is 4. The summed E-state index contributed by atoms with van der Waals surface area (Å²) >= 11 is 0. The number of aryl methyl sites for hydroxylation is 3. The number of carbonyl (C=O) groups is 1. The lowest BCUT2D eigenvalue weighted by Gasteiger charge is -2.05. The fourth-order valence-corrected chi connectivity index (χ4v) is 1.64. The van der Waals surface area contributed by atoms with Gasteiger partial charge in [0.1, 0.15) is 6.54 Å². The van der Waals surface area contributed by atoms with Gasteiger partial charge in [-0.2, -0.15) is 5.10 Å². The zero-order valence-corrected chi connectivity index (χ0v) is 10.6. The molecule has 0 fully saturated rings. The van der Waals surface area contributed by atoms with E-state index in [1.807, 2.05) is 26.8 Å². The number of anilines is 1. The van der Waals surface area contributed by atoms with Crippen molar-refractivity contribution in [1.29, 1.82) is 0 Å². The highest BCUT2D eigenvalue weighted by atomic mass is 16.2. The van der Waals surface area contributed by atoms with Gasteiger partial charge in [0.05, 0.1) is 5.69 Å². The summed E-state index contributed by atoms with van der Waals surface area (Å²) in [5.41, 5.74) is 2.66. The maximum Gasteiger partial charge on any atom is 0.248 e. The molecule has 0 spiro atoms. The van der Waals surface area contributed by atoms with Crippen molar-refractivity contribution >= 4 is 11.9 Å². The predicted octanol–water partition coefficient (Wildman–Crippen LogP) is 1.24. The maximum absolute atomic E-state index is 11.8. The average Bonchev–Trinajstić information content (AvgIpc) is 2.57. The lowest BCUT2D eigenvalue weighted by molar-refractivity contribution is -0.117. The topological polar surface area (TPSA) is 72.7 Å². The van der Waals surface area contributed by atoms with Crippen molar-refractivity contribution in [2.75, 3.05) is 5.32 Å². The predicted molar refractivity (Wildman–Crippen MR) is 67.1 cm³/mol. The molecule has 6 heteroatoms. The van der Waals surface area contributed by atoms with Crippen molar-refractivity contribution < 1.29 is 4.79 Å². The van der Waals surface area contributed by atoms with E-state index >= 15 is 0 Å². The lowest BCUT2D eigenvalue weighted by Crippen LogP contribution is -2.21. The van der Waals surface area contributed by atoms with Gasteiger partial charge in [-0.15, -0.1) is 0 Å². The number of hydrogen-bond donors (Lipinski definition) is 1. The Labute approximate surface area is 105 Å². The summed E-state index contributed by atoms with van der Waals surface area (Å²) in [7, 11) is 0. The maximum atomic E-state index is 11.8. The van der Waals surface area contributed by atoms with Gasteiger partial charge in [0.25, 0.3) is 0 Å². The molecule has 0 aliphatic rings. The molecule has 0 unspecified atom stereocenters. The Balaban J connectivity index is 2.03. The molecule has 1 N–H and O–H groups in total. The quantitative estimate of drug-likeness (QED) is 0.883. The van der Waals surface area contributed by atoms with E-state index in [-0.39, 0.29) is 12.5 Å². The highest BCUT2D eigenvalue weighted by molar-refractivity contribution is 5.88. The monoisotopic (exact) mass is 245 g/mol. The van der Waals surface area contributed by atoms with Crippen LogP contribution in [0.1, 0.15) is 17.1 Å². The highest BCUT2D eigenvalue weighted by Crippen LogP contribution is 2.03. The first-order valence-electron chi connectivity index (χ1n) is 5.65. The van der Waals surface area contributed by atoms with Crippen LogP contribution in [-0.2, 0) is 11.3 Å². The molecule has 0 atom stereocenters. The van der Waals surface area contributed by atoms with Crippen molar-refractivity contribution in [2.24, 2.45) is 0 Å². The summed E-state index contributed by atoms with van der Waals surface area (Å²) in [6.45, 7) is 5.82. The number of rotatable bonds is 3. The van der Waals surface area contributed by atoms with E-state index < -0.39 is 0 Å². The first-order valence-corrected chi connectivity index (χ1v) is 5.65. The fourth-order valence-electron chi connectivity index (χ4n) is 1.64. The SMILES string of the molecule is Cc1ccnc(NC(=O)Cn2nc(C)cc2C)n1. The molecule has 0 saturated carbocycles. The molecule has 1 amide bonds. The molecule has 0 bridgehead atoms. The van der Waals surface area contributed by atoms with Crippen LogP contribution < -0.4 is 5.32 Å². The van der Waals surface area contributed by atoms with E-state index in [0.717, 1.165) is 17.1 Å². The van der Waals surface area contributed by atoms with Crippen LogP contribution in [0.25, 0.3) is 0 Å². The van der Waals surface area contributed by atoms with Crippen LogP contribution in [0.2, 0.25) is 0 Å². The molecule has 2 aromatic heterocycles. The normalized spacial score (nSPS) is 10.4. The molecular weight excluding hydrogens is 230 g/mol. The molecule has 0 aromatic carbocycles. The van der Waals surface area contributed by atoms with Crippen LogP contribution in [0, 0.1) is 20.8 Å². The van der Waals surface area contributed by atoms with Gasteiger partial charge in [-0.25, -0.2) is 9.97 Å². The van der Waals surface area contributed by atoms with Crippen LogP contribution in [0.15, 0.2) is 18.3 Å². The standard InChI is InChI=1S/C12H15N5O/c1-8-4-5-13-12(14-8)15-11(18)7-17-10(3)6-9(2)16-17/h4-6H,7H2,1-3H3,(H,13,14,15,18). The van der Waals surface area contributed by atoms with Crippen molar-refractivity contribution in [3.8, 4) is 0 Å². The third-order valence-corrected chi connectivity index (χ3v) is 2.44. The van der Waals surface area contributed by atoms with Crippen LogP contribution in [0.4, 0.5) is 5.95 Å². The van der Waals surface area contributed by atoms with Gasteiger partial charge < -0.3 is 0 Å². The molecule has 0 aliphatic carbocycles. The third-order valence-electron chi connectivity index (χ3n) is 2.44. The molecule has 18 heavy (non-hydrogen) atoms. The minimum absolute atomic E-state index is 0.164. The molecular formula is C12H15N5O. The van der Waals surface area contributed by atoms with E-state index in [2.05, 4.69) is 20.4 Å². The van der Waals surface area contributed by atoms with Crippen LogP contribution in [0.3, 0.4) is 0 Å². The molecule has 2 rings (SSSR count). The van der Waals surface area contributed by atoms with E-state index in [1.54, 1.807) is 16.9 Å². The molecule has 0 aliphatic heterocycles. The zero-order chi connectivity index (χ0) is 13.1. The fraction of sp³-hybridized carbons (Fsp3) is 0.333. The van der Waals surface area contributed by atoms with Crippen molar-refractivity contribution in [1.82, 2.24) is 19.7 Å². The van der Waals surface area contributed by atoms with Gasteiger partial charge in [-0.1, -0.05) is 0 Å². The molecule has 6 nitrogen and oxygen atoms in total. The number of hydrogen-bond acceptors (Lipinski definition) is 4. The minimum Gasteiger partial charge on any atom is -0.293 e. The van der Waals surface area contributed by atoms with Crippen LogP contribution in [0.5, 0.6) is 0 Å². The first-order chi connectivity index (χ1) is 8.54. The lowest BCUT2D eigenvalue weighted by atomic mass is 10.4. The van der Waals surface area contributed by atoms with Crippen LogP contribution in [-0.4, -0.2) is 25.7 Å². The van der Waals surface area contributed by atoms with Gasteiger partial charge in [0, 0.05) is 17.6 Å². The van der Waals surface area contributed by atoms with Gasteiger partial charge in [0.15, 0.2) is 0 Å². The number of carbonyl (C=O) groups excluding carboxylic acids is 1. The molecule has 2 aromatic rings. The first kappa shape index (κ1) is 12.2. The van der Waals surface area contributed by atoms with E-state index in [4.69, 9.17) is 0 Å². The Morgan fingerprint density at radius 1 is 1.33 bits per heavy atom. The highest BCUT2D eigenvalue weighted by Gasteiger charge is 2.08. The van der Waals surface area contributed by atoms with Gasteiger partial charge in [0.2, 0.25) is 11.9 Å². The smallest absolute Gasteiger partial charge is 0.248 e. The van der Waals surface area contributed by atoms with Crippen molar-refractivity contribution in [3.63, 3.8) is 0 Å². The zero-order valence-electron chi connectivity index (χ0n) is 10.6. The van der Waals surface area contributed by atoms with E-state index in [1.165, 1.54) is 0 Å². The molecule has 94 valence electrons. The van der Waals surface area contributed by atoms with Crippen molar-refractivity contribution in [3.05, 3.63) is 35.4 Å². The Bertz CT molecular complexity index is 576. The minimum atomic E-state index is -0.188. The average molecular weight is 245 g/mol. The number of amides is 1. The second-order valence-corrected chi connectivity index (χ2v) is 4.15. The Morgan fingerprint density at radius 2 is 2.11 bits per heavy atom. The van der Waals surface area contributed by atoms with E-state index in [9.17, 15) is 4.79 Å². The summed E-state index contributed by atoms with van der Waals surface area (Å²) < 4.78 is 1.65. The summed E-state index contributed by atoms with van der Waals surface area (Å²) in [5, 5.41) is 6.87. The summed E-state index contributed by atoms with van der Waals surface area (Å²) in [4.78, 5) is 19.9. The Hall–Kier alpha value is -2.24. The largest absolute Gasteiger partial charge is 0.293 e. The summed E-state index contributed by atoms with van der Waals surface area (Å²) in [6, 6.07) is 3.70. The van der Waals surface area contributed by atoms with Gasteiger partial charge in [-0.05, 0) is 32.9 Å². The molecule has 0 radical (unpaired) electrons. The Kier molecular flexibility index (Phi) is 3.36. The summed E-state index contributed by atoms with van der Waals surface area (Å²) in [6.07, 6.45) is 1.61. The second-order valence-electron chi connectivity index (χ2n) is 4.15. The third kappa shape index (κ3) is 2.91. The summed E-state index contributed by atoms with van der Waals surface area (Å²) in [5.74, 6) is 0.133. The Morgan fingerprint density at radius 3 is 2.72 bits per heavy atom. The van der Waals surface area contributed by atoms with Gasteiger partial charge in [-0.3, -0.25) is 14.8 Å². The van der Waals surface area contributed by atoms with Crippen molar-refractivity contribution in [2.45, 2.75) is 27.3 Å². The number of aromatic nitrogens is 4. The second kappa shape index (κ2) is 4.95. The van der Waals surface area contributed by atoms with Gasteiger partial charge >= 0.3 is 0 Å². The molecule has 2 heterocycles.